The summed E-state index contributed by atoms with van der Waals surface area (Å²) >= 11 is 0. The zero-order valence-corrected chi connectivity index (χ0v) is 8.38. The zero-order valence-electron chi connectivity index (χ0n) is 8.38. The Hall–Kier alpha value is -1.85. The first-order valence-corrected chi connectivity index (χ1v) is 4.05. The van der Waals surface area contributed by atoms with E-state index in [-0.39, 0.29) is 11.5 Å². The van der Waals surface area contributed by atoms with Gasteiger partial charge in [-0.2, -0.15) is 0 Å². The Morgan fingerprint density at radius 3 is 2.64 bits per heavy atom. The van der Waals surface area contributed by atoms with Crippen LogP contribution in [0, 0.1) is 5.41 Å². The third-order valence-corrected chi connectivity index (χ3v) is 1.70. The van der Waals surface area contributed by atoms with Gasteiger partial charge in [0.2, 0.25) is 5.88 Å². The average Bonchev–Trinajstić information content (AvgIpc) is 2.15. The Morgan fingerprint density at radius 1 is 1.50 bits per heavy atom. The first kappa shape index (κ1) is 10.2. The Bertz CT molecular complexity index is 347. The zero-order chi connectivity index (χ0) is 10.7. The van der Waals surface area contributed by atoms with Crippen molar-refractivity contribution in [2.75, 3.05) is 14.2 Å². The minimum Gasteiger partial charge on any atom is -0.481 e. The molecule has 4 N–H and O–H groups in total. The molecule has 0 fully saturated rings. The van der Waals surface area contributed by atoms with Gasteiger partial charge in [0.1, 0.15) is 11.5 Å². The van der Waals surface area contributed by atoms with Gasteiger partial charge in [0, 0.05) is 7.05 Å². The van der Waals surface area contributed by atoms with Gasteiger partial charge in [0.15, 0.2) is 11.5 Å². The molecule has 1 heterocycles. The second-order valence-corrected chi connectivity index (χ2v) is 2.66. The third kappa shape index (κ3) is 1.73. The van der Waals surface area contributed by atoms with E-state index in [0.29, 0.717) is 17.4 Å². The van der Waals surface area contributed by atoms with E-state index in [1.807, 2.05) is 0 Å². The van der Waals surface area contributed by atoms with Crippen molar-refractivity contribution >= 4 is 17.4 Å². The molecule has 0 aromatic heterocycles. The summed E-state index contributed by atoms with van der Waals surface area (Å²) in [5, 5.41) is 10.4. The molecule has 14 heavy (non-hydrogen) atoms. The van der Waals surface area contributed by atoms with Crippen molar-refractivity contribution in [3.63, 3.8) is 0 Å². The predicted molar refractivity (Wildman–Crippen MR) is 55.6 cm³/mol. The van der Waals surface area contributed by atoms with E-state index < -0.39 is 0 Å². The number of rotatable bonds is 2. The standard InChI is InChI=1S/C8H13N5O/c1-4-12-6(8(11-2)14-3)5(9)7(10)13-4/h9,11H,1-3H3,(H2,10,12,13)/b8-6-,9-5?. The summed E-state index contributed by atoms with van der Waals surface area (Å²) in [5.41, 5.74) is 5.98. The smallest absolute Gasteiger partial charge is 0.215 e. The monoisotopic (exact) mass is 195 g/mol. The van der Waals surface area contributed by atoms with Crippen molar-refractivity contribution < 1.29 is 4.74 Å². The number of nitrogens with two attached hydrogens (primary N) is 1. The molecule has 0 aromatic rings. The molecule has 0 unspecified atom stereocenters. The number of aliphatic imine (C=N–C) groups is 2. The largest absolute Gasteiger partial charge is 0.481 e. The van der Waals surface area contributed by atoms with E-state index in [2.05, 4.69) is 15.3 Å². The fourth-order valence-electron chi connectivity index (χ4n) is 1.08. The maximum Gasteiger partial charge on any atom is 0.215 e. The molecule has 0 saturated carbocycles. The Balaban J connectivity index is 3.20. The van der Waals surface area contributed by atoms with Crippen LogP contribution in [0.25, 0.3) is 0 Å². The summed E-state index contributed by atoms with van der Waals surface area (Å²) < 4.78 is 5.02. The first-order chi connectivity index (χ1) is 6.60. The number of methoxy groups -OCH3 is 1. The highest BCUT2D eigenvalue weighted by Crippen LogP contribution is 2.11. The molecule has 1 rings (SSSR count). The number of hydrogen-bond donors (Lipinski definition) is 3. The lowest BCUT2D eigenvalue weighted by Gasteiger charge is -2.14. The molecule has 0 aromatic carbocycles. The van der Waals surface area contributed by atoms with E-state index in [1.165, 1.54) is 7.11 Å². The highest BCUT2D eigenvalue weighted by Gasteiger charge is 2.19. The van der Waals surface area contributed by atoms with Crippen molar-refractivity contribution in [3.8, 4) is 0 Å². The Labute approximate surface area is 82.1 Å². The molecule has 6 nitrogen and oxygen atoms in total. The van der Waals surface area contributed by atoms with Crippen LogP contribution in [-0.4, -0.2) is 31.5 Å². The van der Waals surface area contributed by atoms with Crippen LogP contribution < -0.4 is 11.1 Å². The lowest BCUT2D eigenvalue weighted by atomic mass is 10.2. The van der Waals surface area contributed by atoms with Crippen molar-refractivity contribution in [1.82, 2.24) is 5.32 Å². The highest BCUT2D eigenvalue weighted by atomic mass is 16.5. The van der Waals surface area contributed by atoms with E-state index >= 15 is 0 Å². The van der Waals surface area contributed by atoms with Gasteiger partial charge < -0.3 is 15.8 Å². The molecule has 0 aliphatic carbocycles. The van der Waals surface area contributed by atoms with Crippen LogP contribution in [0.4, 0.5) is 0 Å². The maximum atomic E-state index is 7.64. The van der Waals surface area contributed by atoms with Crippen LogP contribution in [0.15, 0.2) is 21.6 Å². The lowest BCUT2D eigenvalue weighted by molar-refractivity contribution is 0.265. The first-order valence-electron chi connectivity index (χ1n) is 4.05. The fourth-order valence-corrected chi connectivity index (χ4v) is 1.08. The van der Waals surface area contributed by atoms with Gasteiger partial charge in [-0.25, -0.2) is 9.98 Å². The molecule has 0 spiro atoms. The summed E-state index contributed by atoms with van der Waals surface area (Å²) in [6, 6.07) is 0. The summed E-state index contributed by atoms with van der Waals surface area (Å²) in [7, 11) is 3.19. The van der Waals surface area contributed by atoms with Crippen LogP contribution in [-0.2, 0) is 4.74 Å². The summed E-state index contributed by atoms with van der Waals surface area (Å²) in [5.74, 6) is 1.07. The van der Waals surface area contributed by atoms with Crippen LogP contribution in [0.2, 0.25) is 0 Å². The predicted octanol–water partition coefficient (Wildman–Crippen LogP) is -0.170. The Kier molecular flexibility index (Phi) is 2.85. The average molecular weight is 195 g/mol. The van der Waals surface area contributed by atoms with Gasteiger partial charge >= 0.3 is 0 Å². The molecule has 1 aliphatic rings. The van der Waals surface area contributed by atoms with Crippen molar-refractivity contribution in [1.29, 1.82) is 5.41 Å². The van der Waals surface area contributed by atoms with Gasteiger partial charge in [-0.3, -0.25) is 5.41 Å². The molecule has 1 aliphatic heterocycles. The van der Waals surface area contributed by atoms with Gasteiger partial charge in [-0.1, -0.05) is 0 Å². The minimum absolute atomic E-state index is 0.0711. The van der Waals surface area contributed by atoms with Gasteiger partial charge in [0.05, 0.1) is 7.11 Å². The number of nitrogens with zero attached hydrogens (tertiary/aromatic N) is 2. The van der Waals surface area contributed by atoms with Gasteiger partial charge in [0.25, 0.3) is 0 Å². The molecular weight excluding hydrogens is 182 g/mol. The lowest BCUT2D eigenvalue weighted by Crippen LogP contribution is -2.31. The molecule has 0 radical (unpaired) electrons. The van der Waals surface area contributed by atoms with E-state index in [0.717, 1.165) is 0 Å². The number of nitrogens with one attached hydrogen (secondary N) is 2. The maximum absolute atomic E-state index is 7.64. The molecule has 76 valence electrons. The van der Waals surface area contributed by atoms with Crippen molar-refractivity contribution in [2.24, 2.45) is 15.7 Å². The Morgan fingerprint density at radius 2 is 2.14 bits per heavy atom. The molecule has 0 amide bonds. The van der Waals surface area contributed by atoms with Crippen molar-refractivity contribution in [2.45, 2.75) is 6.92 Å². The molecular formula is C8H13N5O. The number of ether oxygens (including phenoxy) is 1. The molecule has 0 saturated heterocycles. The van der Waals surface area contributed by atoms with Crippen LogP contribution >= 0.6 is 0 Å². The van der Waals surface area contributed by atoms with Gasteiger partial charge in [-0.15, -0.1) is 0 Å². The van der Waals surface area contributed by atoms with Crippen LogP contribution in [0.5, 0.6) is 0 Å². The SMILES string of the molecule is CN/C(OC)=C1/N=C(C)N=C(N)C1=N. The summed E-state index contributed by atoms with van der Waals surface area (Å²) in [4.78, 5) is 7.94. The van der Waals surface area contributed by atoms with E-state index in [1.54, 1.807) is 14.0 Å². The second-order valence-electron chi connectivity index (χ2n) is 2.66. The molecule has 0 bridgehead atoms. The van der Waals surface area contributed by atoms with Crippen LogP contribution in [0.3, 0.4) is 0 Å². The highest BCUT2D eigenvalue weighted by molar-refractivity contribution is 6.48. The topological polar surface area (TPSA) is 95.8 Å². The fraction of sp³-hybridized carbons (Fsp3) is 0.375. The van der Waals surface area contributed by atoms with E-state index in [9.17, 15) is 0 Å². The summed E-state index contributed by atoms with van der Waals surface area (Å²) in [6.07, 6.45) is 0. The van der Waals surface area contributed by atoms with E-state index in [4.69, 9.17) is 15.9 Å². The molecule has 0 atom stereocenters. The third-order valence-electron chi connectivity index (χ3n) is 1.70. The number of amidine groups is 2. The second kappa shape index (κ2) is 3.91. The normalized spacial score (nSPS) is 19.8. The minimum atomic E-state index is 0.0711. The van der Waals surface area contributed by atoms with Crippen LogP contribution in [0.1, 0.15) is 6.92 Å². The summed E-state index contributed by atoms with van der Waals surface area (Å²) in [6.45, 7) is 1.71. The number of hydrogen-bond acceptors (Lipinski definition) is 6. The molecule has 6 heteroatoms. The quantitative estimate of drug-likeness (QED) is 0.534. The van der Waals surface area contributed by atoms with Gasteiger partial charge in [-0.05, 0) is 6.92 Å². The van der Waals surface area contributed by atoms with Crippen molar-refractivity contribution in [3.05, 3.63) is 11.6 Å².